The van der Waals surface area contributed by atoms with Gasteiger partial charge in [-0.15, -0.1) is 0 Å². The van der Waals surface area contributed by atoms with Gasteiger partial charge < -0.3 is 9.64 Å². The number of Topliss-reactive ketones (excluding diaryl/α,β-unsaturated/α-hetero) is 1. The second-order valence-corrected chi connectivity index (χ2v) is 4.01. The standard InChI is InChI=1S/C12H16ClNO2/c1-4-16-12-6-5-10(7-11(12)13)14(3)8-9(2)15/h5-7H,4,8H2,1-3H3. The van der Waals surface area contributed by atoms with E-state index in [1.165, 1.54) is 0 Å². The Morgan fingerprint density at radius 3 is 2.69 bits per heavy atom. The first-order chi connectivity index (χ1) is 7.54. The number of likely N-dealkylation sites (N-methyl/N-ethyl adjacent to an activating group) is 1. The molecule has 16 heavy (non-hydrogen) atoms. The number of benzene rings is 1. The fourth-order valence-electron chi connectivity index (χ4n) is 1.43. The highest BCUT2D eigenvalue weighted by Crippen LogP contribution is 2.28. The number of ether oxygens (including phenoxy) is 1. The van der Waals surface area contributed by atoms with Gasteiger partial charge in [0, 0.05) is 12.7 Å². The van der Waals surface area contributed by atoms with E-state index in [1.54, 1.807) is 13.0 Å². The lowest BCUT2D eigenvalue weighted by atomic mass is 10.2. The summed E-state index contributed by atoms with van der Waals surface area (Å²) in [5, 5.41) is 0.565. The first kappa shape index (κ1) is 12.8. The summed E-state index contributed by atoms with van der Waals surface area (Å²) in [5.41, 5.74) is 0.906. The number of rotatable bonds is 5. The summed E-state index contributed by atoms with van der Waals surface area (Å²) in [6.07, 6.45) is 0. The van der Waals surface area contributed by atoms with Gasteiger partial charge in [0.25, 0.3) is 0 Å². The molecule has 0 saturated heterocycles. The highest BCUT2D eigenvalue weighted by molar-refractivity contribution is 6.32. The molecule has 0 aliphatic heterocycles. The van der Waals surface area contributed by atoms with Gasteiger partial charge in [-0.25, -0.2) is 0 Å². The monoisotopic (exact) mass is 241 g/mol. The second kappa shape index (κ2) is 5.75. The first-order valence-corrected chi connectivity index (χ1v) is 5.55. The molecule has 0 fully saturated rings. The topological polar surface area (TPSA) is 29.5 Å². The molecule has 0 aromatic heterocycles. The maximum absolute atomic E-state index is 11.0. The summed E-state index contributed by atoms with van der Waals surface area (Å²) in [6.45, 7) is 4.44. The van der Waals surface area contributed by atoms with Crippen LogP contribution < -0.4 is 9.64 Å². The summed E-state index contributed by atoms with van der Waals surface area (Å²) >= 11 is 6.05. The maximum atomic E-state index is 11.0. The van der Waals surface area contributed by atoms with Gasteiger partial charge in [-0.3, -0.25) is 4.79 Å². The van der Waals surface area contributed by atoms with Crippen LogP contribution in [0.3, 0.4) is 0 Å². The zero-order chi connectivity index (χ0) is 12.1. The van der Waals surface area contributed by atoms with Crippen LogP contribution in [0.4, 0.5) is 5.69 Å². The van der Waals surface area contributed by atoms with Crippen LogP contribution >= 0.6 is 11.6 Å². The molecule has 0 saturated carbocycles. The van der Waals surface area contributed by atoms with Crippen molar-refractivity contribution in [1.29, 1.82) is 0 Å². The highest BCUT2D eigenvalue weighted by Gasteiger charge is 2.07. The zero-order valence-electron chi connectivity index (χ0n) is 9.79. The maximum Gasteiger partial charge on any atom is 0.149 e. The first-order valence-electron chi connectivity index (χ1n) is 5.17. The smallest absolute Gasteiger partial charge is 0.149 e. The molecule has 0 atom stereocenters. The molecule has 0 bridgehead atoms. The van der Waals surface area contributed by atoms with E-state index in [2.05, 4.69) is 0 Å². The van der Waals surface area contributed by atoms with Gasteiger partial charge in [-0.05, 0) is 32.0 Å². The molecule has 0 aliphatic carbocycles. The van der Waals surface area contributed by atoms with Crippen molar-refractivity contribution in [2.75, 3.05) is 25.1 Å². The zero-order valence-corrected chi connectivity index (χ0v) is 10.5. The van der Waals surface area contributed by atoms with Crippen molar-refractivity contribution in [2.24, 2.45) is 0 Å². The van der Waals surface area contributed by atoms with Gasteiger partial charge in [0.15, 0.2) is 0 Å². The van der Waals surface area contributed by atoms with Gasteiger partial charge in [0.05, 0.1) is 18.2 Å². The van der Waals surface area contributed by atoms with Crippen LogP contribution in [0.25, 0.3) is 0 Å². The normalized spacial score (nSPS) is 10.0. The minimum absolute atomic E-state index is 0.118. The Balaban J connectivity index is 2.83. The Morgan fingerprint density at radius 2 is 2.19 bits per heavy atom. The molecule has 3 nitrogen and oxygen atoms in total. The van der Waals surface area contributed by atoms with Gasteiger partial charge in [-0.1, -0.05) is 11.6 Å². The summed E-state index contributed by atoms with van der Waals surface area (Å²) < 4.78 is 5.34. The van der Waals surface area contributed by atoms with Crippen LogP contribution in [0.1, 0.15) is 13.8 Å². The van der Waals surface area contributed by atoms with E-state index in [1.807, 2.05) is 31.0 Å². The van der Waals surface area contributed by atoms with Crippen molar-refractivity contribution in [2.45, 2.75) is 13.8 Å². The molecule has 0 spiro atoms. The fraction of sp³-hybridized carbons (Fsp3) is 0.417. The summed E-state index contributed by atoms with van der Waals surface area (Å²) in [4.78, 5) is 12.8. The number of anilines is 1. The van der Waals surface area contributed by atoms with E-state index in [9.17, 15) is 4.79 Å². The Morgan fingerprint density at radius 1 is 1.50 bits per heavy atom. The molecule has 1 aromatic carbocycles. The number of halogens is 1. The number of hydrogen-bond acceptors (Lipinski definition) is 3. The van der Waals surface area contributed by atoms with Crippen molar-refractivity contribution in [3.8, 4) is 5.75 Å². The Hall–Kier alpha value is -1.22. The van der Waals surface area contributed by atoms with Gasteiger partial charge in [0.2, 0.25) is 0 Å². The summed E-state index contributed by atoms with van der Waals surface area (Å²) in [6, 6.07) is 5.51. The lowest BCUT2D eigenvalue weighted by Gasteiger charge is -2.18. The van der Waals surface area contributed by atoms with Crippen molar-refractivity contribution >= 4 is 23.1 Å². The molecule has 0 unspecified atom stereocenters. The van der Waals surface area contributed by atoms with Crippen LogP contribution in [-0.4, -0.2) is 26.0 Å². The van der Waals surface area contributed by atoms with Gasteiger partial charge >= 0.3 is 0 Å². The van der Waals surface area contributed by atoms with E-state index in [4.69, 9.17) is 16.3 Å². The van der Waals surface area contributed by atoms with Crippen molar-refractivity contribution in [3.05, 3.63) is 23.2 Å². The van der Waals surface area contributed by atoms with E-state index in [-0.39, 0.29) is 5.78 Å². The number of carbonyl (C=O) groups is 1. The fourth-order valence-corrected chi connectivity index (χ4v) is 1.65. The molecule has 0 amide bonds. The van der Waals surface area contributed by atoms with Crippen LogP contribution in [0.5, 0.6) is 5.75 Å². The molecule has 1 aromatic rings. The van der Waals surface area contributed by atoms with E-state index >= 15 is 0 Å². The summed E-state index contributed by atoms with van der Waals surface area (Å²) in [5.74, 6) is 0.789. The van der Waals surface area contributed by atoms with E-state index in [0.29, 0.717) is 23.9 Å². The average Bonchev–Trinajstić information content (AvgIpc) is 2.20. The molecular formula is C12H16ClNO2. The minimum atomic E-state index is 0.118. The molecule has 0 aliphatic rings. The molecule has 4 heteroatoms. The van der Waals surface area contributed by atoms with Crippen LogP contribution in [0.15, 0.2) is 18.2 Å². The third-order valence-electron chi connectivity index (χ3n) is 2.12. The Kier molecular flexibility index (Phi) is 4.62. The molecule has 88 valence electrons. The largest absolute Gasteiger partial charge is 0.492 e. The highest BCUT2D eigenvalue weighted by atomic mass is 35.5. The van der Waals surface area contributed by atoms with Crippen LogP contribution in [0, 0.1) is 0 Å². The SMILES string of the molecule is CCOc1ccc(N(C)CC(C)=O)cc1Cl. The number of hydrogen-bond donors (Lipinski definition) is 0. The van der Waals surface area contributed by atoms with E-state index < -0.39 is 0 Å². The number of ketones is 1. The molecule has 1 rings (SSSR count). The molecular weight excluding hydrogens is 226 g/mol. The average molecular weight is 242 g/mol. The minimum Gasteiger partial charge on any atom is -0.492 e. The predicted octanol–water partition coefficient (Wildman–Crippen LogP) is 2.76. The number of nitrogens with zero attached hydrogens (tertiary/aromatic N) is 1. The van der Waals surface area contributed by atoms with Crippen molar-refractivity contribution in [3.63, 3.8) is 0 Å². The second-order valence-electron chi connectivity index (χ2n) is 3.61. The van der Waals surface area contributed by atoms with E-state index in [0.717, 1.165) is 5.69 Å². The summed E-state index contributed by atoms with van der Waals surface area (Å²) in [7, 11) is 1.85. The third kappa shape index (κ3) is 3.42. The third-order valence-corrected chi connectivity index (χ3v) is 2.41. The Bertz CT molecular complexity index is 379. The van der Waals surface area contributed by atoms with Crippen molar-refractivity contribution in [1.82, 2.24) is 0 Å². The predicted molar refractivity (Wildman–Crippen MR) is 66.6 cm³/mol. The molecule has 0 N–H and O–H groups in total. The quantitative estimate of drug-likeness (QED) is 0.794. The number of carbonyl (C=O) groups excluding carboxylic acids is 1. The Labute approximate surface area is 101 Å². The van der Waals surface area contributed by atoms with Gasteiger partial charge in [-0.2, -0.15) is 0 Å². The van der Waals surface area contributed by atoms with Crippen LogP contribution in [0.2, 0.25) is 5.02 Å². The lowest BCUT2D eigenvalue weighted by Crippen LogP contribution is -2.23. The van der Waals surface area contributed by atoms with Gasteiger partial charge in [0.1, 0.15) is 11.5 Å². The van der Waals surface area contributed by atoms with Crippen molar-refractivity contribution < 1.29 is 9.53 Å². The lowest BCUT2D eigenvalue weighted by molar-refractivity contribution is -0.115. The van der Waals surface area contributed by atoms with Crippen LogP contribution in [-0.2, 0) is 4.79 Å². The molecule has 0 heterocycles. The molecule has 0 radical (unpaired) electrons.